The zero-order valence-corrected chi connectivity index (χ0v) is 20.4. The van der Waals surface area contributed by atoms with E-state index in [1.54, 1.807) is 30.3 Å². The fourth-order valence-electron chi connectivity index (χ4n) is 2.33. The minimum absolute atomic E-state index is 0.281. The van der Waals surface area contributed by atoms with Crippen molar-refractivity contribution in [2.24, 2.45) is 0 Å². The molecule has 1 aliphatic rings. The number of nitriles is 1. The van der Waals surface area contributed by atoms with Crippen LogP contribution in [0.2, 0.25) is 0 Å². The number of nitrogens with zero attached hydrogens (tertiary/aromatic N) is 2. The molecule has 0 fully saturated rings. The van der Waals surface area contributed by atoms with E-state index in [1.807, 2.05) is 38.1 Å². The molecule has 0 unspecified atom stereocenters. The number of carbonyl (C=O) groups excluding carboxylic acids is 3. The maximum atomic E-state index is 11.2. The Balaban J connectivity index is 0.000000472. The van der Waals surface area contributed by atoms with Crippen molar-refractivity contribution in [3.8, 4) is 6.07 Å². The fourth-order valence-corrected chi connectivity index (χ4v) is 2.33. The van der Waals surface area contributed by atoms with Gasteiger partial charge < -0.3 is 4.74 Å². The Morgan fingerprint density at radius 3 is 1.86 bits per heavy atom. The Hall–Kier alpha value is -4.50. The predicted octanol–water partition coefficient (Wildman–Crippen LogP) is 6.05. The highest BCUT2D eigenvalue weighted by atomic mass is 16.5. The van der Waals surface area contributed by atoms with Gasteiger partial charge in [-0.05, 0) is 31.0 Å². The van der Waals surface area contributed by atoms with Crippen LogP contribution in [0.3, 0.4) is 0 Å². The molecule has 0 saturated carbocycles. The van der Waals surface area contributed by atoms with Crippen LogP contribution in [0.4, 0.5) is 5.69 Å². The number of rotatable bonds is 6. The summed E-state index contributed by atoms with van der Waals surface area (Å²) in [5.41, 5.74) is 2.95. The predicted molar refractivity (Wildman–Crippen MR) is 141 cm³/mol. The first-order valence-electron chi connectivity index (χ1n) is 10.9. The van der Waals surface area contributed by atoms with E-state index < -0.39 is 0 Å². The normalized spacial score (nSPS) is 10.7. The van der Waals surface area contributed by atoms with Gasteiger partial charge in [0.05, 0.1) is 18.4 Å². The average Bonchev–Trinajstić information content (AvgIpc) is 3.23. The van der Waals surface area contributed by atoms with Crippen molar-refractivity contribution in [2.45, 2.75) is 26.7 Å². The van der Waals surface area contributed by atoms with Gasteiger partial charge in [-0.3, -0.25) is 9.59 Å². The van der Waals surface area contributed by atoms with Crippen LogP contribution >= 0.6 is 0 Å². The third-order valence-electron chi connectivity index (χ3n) is 4.09. The number of esters is 1. The molecule has 182 valence electrons. The molecule has 0 aromatic heterocycles. The molecule has 0 bridgehead atoms. The zero-order chi connectivity index (χ0) is 26.5. The topological polar surface area (TPSA) is 87.5 Å². The molecule has 2 amide bonds. The summed E-state index contributed by atoms with van der Waals surface area (Å²) in [5, 5.41) is 7.51. The first-order chi connectivity index (χ1) is 16.8. The largest absolute Gasteiger partial charge is 0.463 e. The van der Waals surface area contributed by atoms with Gasteiger partial charge in [-0.25, -0.2) is 9.69 Å². The Bertz CT molecular complexity index is 1020. The maximum absolute atomic E-state index is 11.2. The van der Waals surface area contributed by atoms with Crippen molar-refractivity contribution in [3.63, 3.8) is 0 Å². The molecule has 0 N–H and O–H groups in total. The van der Waals surface area contributed by atoms with Gasteiger partial charge in [0, 0.05) is 24.3 Å². The number of benzene rings is 2. The van der Waals surface area contributed by atoms with Crippen molar-refractivity contribution in [1.82, 2.24) is 0 Å². The first kappa shape index (κ1) is 30.5. The highest BCUT2D eigenvalue weighted by molar-refractivity contribution is 6.28. The summed E-state index contributed by atoms with van der Waals surface area (Å²) in [7, 11) is 0. The minimum Gasteiger partial charge on any atom is -0.463 e. The lowest BCUT2D eigenvalue weighted by Gasteiger charge is -2.12. The minimum atomic E-state index is -0.330. The average molecular weight is 473 g/mol. The highest BCUT2D eigenvalue weighted by Gasteiger charge is 2.24. The number of hydrogen-bond donors (Lipinski definition) is 0. The number of carbonyl (C=O) groups is 3. The number of ether oxygens (including phenoxy) is 1. The summed E-state index contributed by atoms with van der Waals surface area (Å²) in [6.45, 7) is 14.8. The molecule has 35 heavy (non-hydrogen) atoms. The second-order valence-electron chi connectivity index (χ2n) is 6.89. The first-order valence-corrected chi connectivity index (χ1v) is 10.9. The summed E-state index contributed by atoms with van der Waals surface area (Å²) in [4.78, 5) is 33.9. The molecule has 6 heteroatoms. The molecular weight excluding hydrogens is 440 g/mol. The third-order valence-corrected chi connectivity index (χ3v) is 4.09. The van der Waals surface area contributed by atoms with Crippen LogP contribution in [0.25, 0.3) is 5.57 Å². The third kappa shape index (κ3) is 13.6. The molecule has 0 radical (unpaired) electrons. The molecule has 6 nitrogen and oxygen atoms in total. The van der Waals surface area contributed by atoms with Gasteiger partial charge in [0.2, 0.25) is 0 Å². The van der Waals surface area contributed by atoms with E-state index in [0.29, 0.717) is 12.3 Å². The highest BCUT2D eigenvalue weighted by Crippen LogP contribution is 2.17. The molecule has 2 aromatic carbocycles. The number of para-hydroxylation sites is 1. The molecular formula is C29H32N2O4. The van der Waals surface area contributed by atoms with E-state index in [1.165, 1.54) is 29.9 Å². The molecule has 1 aliphatic heterocycles. The van der Waals surface area contributed by atoms with Crippen LogP contribution in [-0.4, -0.2) is 24.4 Å². The van der Waals surface area contributed by atoms with Gasteiger partial charge in [-0.1, -0.05) is 87.2 Å². The Labute approximate surface area is 208 Å². The quantitative estimate of drug-likeness (QED) is 0.168. The lowest BCUT2D eigenvalue weighted by Crippen LogP contribution is -2.29. The van der Waals surface area contributed by atoms with E-state index in [0.717, 1.165) is 23.3 Å². The van der Waals surface area contributed by atoms with Crippen LogP contribution in [-0.2, 0) is 19.1 Å². The number of allylic oxidation sites excluding steroid dienone is 2. The fraction of sp³-hybridized carbons (Fsp3) is 0.172. The second-order valence-corrected chi connectivity index (χ2v) is 6.89. The number of anilines is 1. The van der Waals surface area contributed by atoms with Gasteiger partial charge in [-0.2, -0.15) is 5.26 Å². The monoisotopic (exact) mass is 472 g/mol. The van der Waals surface area contributed by atoms with Crippen molar-refractivity contribution in [1.29, 1.82) is 5.26 Å². The van der Waals surface area contributed by atoms with Crippen LogP contribution in [0, 0.1) is 11.3 Å². The molecule has 1 heterocycles. The molecule has 0 atom stereocenters. The molecule has 0 saturated heterocycles. The summed E-state index contributed by atoms with van der Waals surface area (Å²) in [6, 6.07) is 20.7. The van der Waals surface area contributed by atoms with Gasteiger partial charge >= 0.3 is 5.97 Å². The van der Waals surface area contributed by atoms with E-state index in [2.05, 4.69) is 36.6 Å². The number of hydrogen-bond acceptors (Lipinski definition) is 5. The summed E-state index contributed by atoms with van der Waals surface area (Å²) in [5.74, 6) is -0.893. The standard InChI is InChI=1S/C10H7NO2.C9H10.C7H12O2.C3H3N/c12-9-6-7-10(13)11(9)8-4-2-1-3-5-8;1-8(2)9-6-4-3-5-7-9;1-3-5-6-9-7(8)4-2;1-2-3-4/h1-7H;3-7H,1H2,2H3;4H,2-3,5-6H2,1H3;2H,1H2. The summed E-state index contributed by atoms with van der Waals surface area (Å²) >= 11 is 0. The Morgan fingerprint density at radius 1 is 1.00 bits per heavy atom. The van der Waals surface area contributed by atoms with Crippen LogP contribution < -0.4 is 4.90 Å². The van der Waals surface area contributed by atoms with E-state index in [4.69, 9.17) is 5.26 Å². The van der Waals surface area contributed by atoms with E-state index in [9.17, 15) is 14.4 Å². The van der Waals surface area contributed by atoms with Crippen LogP contribution in [0.1, 0.15) is 32.3 Å². The smallest absolute Gasteiger partial charge is 0.330 e. The van der Waals surface area contributed by atoms with Crippen molar-refractivity contribution in [3.05, 3.63) is 110 Å². The van der Waals surface area contributed by atoms with Gasteiger partial charge in [-0.15, -0.1) is 0 Å². The lowest BCUT2D eigenvalue weighted by molar-refractivity contribution is -0.137. The number of unbranched alkanes of at least 4 members (excludes halogenated alkanes) is 1. The second kappa shape index (κ2) is 19.0. The van der Waals surface area contributed by atoms with Crippen LogP contribution in [0.5, 0.6) is 0 Å². The Morgan fingerprint density at radius 2 is 1.49 bits per heavy atom. The van der Waals surface area contributed by atoms with Crippen molar-refractivity contribution in [2.75, 3.05) is 11.5 Å². The summed E-state index contributed by atoms with van der Waals surface area (Å²) < 4.78 is 4.67. The van der Waals surface area contributed by atoms with Gasteiger partial charge in [0.25, 0.3) is 11.8 Å². The van der Waals surface area contributed by atoms with Crippen molar-refractivity contribution >= 4 is 29.0 Å². The molecule has 3 rings (SSSR count). The maximum Gasteiger partial charge on any atom is 0.330 e. The zero-order valence-electron chi connectivity index (χ0n) is 20.4. The molecule has 0 spiro atoms. The van der Waals surface area contributed by atoms with Gasteiger partial charge in [0.1, 0.15) is 0 Å². The number of amides is 2. The lowest BCUT2D eigenvalue weighted by atomic mass is 10.1. The van der Waals surface area contributed by atoms with E-state index in [-0.39, 0.29) is 17.8 Å². The van der Waals surface area contributed by atoms with Crippen LogP contribution in [0.15, 0.2) is 105 Å². The summed E-state index contributed by atoms with van der Waals surface area (Å²) in [6.07, 6.45) is 6.88. The SMILES string of the molecule is C=C(C)c1ccccc1.C=CC#N.C=CC(=O)OCCCC.O=C1C=CC(=O)N1c1ccccc1. The number of imide groups is 1. The van der Waals surface area contributed by atoms with Crippen molar-refractivity contribution < 1.29 is 19.1 Å². The van der Waals surface area contributed by atoms with E-state index >= 15 is 0 Å². The molecule has 0 aliphatic carbocycles. The molecule has 2 aromatic rings. The van der Waals surface area contributed by atoms with Gasteiger partial charge in [0.15, 0.2) is 0 Å². The Kier molecular flexibility index (Phi) is 16.6.